The molecule has 4 rings (SSSR count). The van der Waals surface area contributed by atoms with Crippen molar-refractivity contribution in [3.05, 3.63) is 46.6 Å². The molecule has 1 saturated heterocycles. The normalized spacial score (nSPS) is 15.4. The molecule has 1 aliphatic heterocycles. The van der Waals surface area contributed by atoms with Crippen LogP contribution in [0.2, 0.25) is 0 Å². The first kappa shape index (κ1) is 16.9. The number of hydrogen-bond donors (Lipinski definition) is 1. The van der Waals surface area contributed by atoms with Crippen LogP contribution in [0.4, 0.5) is 5.95 Å². The summed E-state index contributed by atoms with van der Waals surface area (Å²) >= 11 is 1.48. The molecule has 1 N–H and O–H groups in total. The number of amides is 1. The van der Waals surface area contributed by atoms with Crippen LogP contribution < -0.4 is 5.32 Å². The molecule has 0 unspecified atom stereocenters. The SMILES string of the molecule is Cc1nc2nc(N[C@@H](C)c3ccccc3)nc(C(=O)N3CCCC3)c2s1. The van der Waals surface area contributed by atoms with E-state index in [1.165, 1.54) is 11.3 Å². The molecule has 0 radical (unpaired) electrons. The van der Waals surface area contributed by atoms with Gasteiger partial charge in [-0.25, -0.2) is 9.97 Å². The molecule has 1 aromatic carbocycles. The largest absolute Gasteiger partial charge is 0.348 e. The number of carbonyl (C=O) groups excluding carboxylic acids is 1. The minimum Gasteiger partial charge on any atom is -0.348 e. The molecule has 0 bridgehead atoms. The van der Waals surface area contributed by atoms with Crippen molar-refractivity contribution >= 4 is 33.5 Å². The third-order valence-corrected chi connectivity index (χ3v) is 5.57. The second-order valence-electron chi connectivity index (χ2n) is 6.56. The summed E-state index contributed by atoms with van der Waals surface area (Å²) in [5.41, 5.74) is 2.19. The Hall–Kier alpha value is -2.54. The van der Waals surface area contributed by atoms with E-state index in [1.807, 2.05) is 30.0 Å². The Labute approximate surface area is 156 Å². The summed E-state index contributed by atoms with van der Waals surface area (Å²) in [6.07, 6.45) is 2.11. The van der Waals surface area contributed by atoms with Gasteiger partial charge in [-0.1, -0.05) is 30.3 Å². The highest BCUT2D eigenvalue weighted by molar-refractivity contribution is 7.18. The van der Waals surface area contributed by atoms with Gasteiger partial charge < -0.3 is 10.2 Å². The van der Waals surface area contributed by atoms with Gasteiger partial charge in [0.15, 0.2) is 11.3 Å². The minimum absolute atomic E-state index is 0.0195. The first-order valence-electron chi connectivity index (χ1n) is 8.88. The van der Waals surface area contributed by atoms with E-state index in [2.05, 4.69) is 39.3 Å². The van der Waals surface area contributed by atoms with E-state index in [4.69, 9.17) is 0 Å². The van der Waals surface area contributed by atoms with Crippen LogP contribution >= 0.6 is 11.3 Å². The number of aryl methyl sites for hydroxylation is 1. The number of anilines is 1. The minimum atomic E-state index is -0.0195. The van der Waals surface area contributed by atoms with E-state index in [1.54, 1.807) is 0 Å². The second-order valence-corrected chi connectivity index (χ2v) is 7.76. The number of hydrogen-bond acceptors (Lipinski definition) is 6. The summed E-state index contributed by atoms with van der Waals surface area (Å²) in [5, 5.41) is 4.20. The van der Waals surface area contributed by atoms with E-state index >= 15 is 0 Å². The molecular weight excluding hydrogens is 346 g/mol. The highest BCUT2D eigenvalue weighted by atomic mass is 32.1. The number of nitrogens with one attached hydrogen (secondary N) is 1. The molecule has 26 heavy (non-hydrogen) atoms. The average Bonchev–Trinajstić information content (AvgIpc) is 3.30. The molecule has 0 spiro atoms. The van der Waals surface area contributed by atoms with Gasteiger partial charge in [-0.05, 0) is 32.3 Å². The average molecular weight is 367 g/mol. The fourth-order valence-electron chi connectivity index (χ4n) is 3.23. The third-order valence-electron chi connectivity index (χ3n) is 4.60. The first-order valence-corrected chi connectivity index (χ1v) is 9.69. The Kier molecular flexibility index (Phi) is 4.55. The molecule has 0 aliphatic carbocycles. The smallest absolute Gasteiger partial charge is 0.274 e. The Morgan fingerprint density at radius 1 is 1.15 bits per heavy atom. The van der Waals surface area contributed by atoms with Gasteiger partial charge in [0.05, 0.1) is 11.0 Å². The highest BCUT2D eigenvalue weighted by Crippen LogP contribution is 2.27. The van der Waals surface area contributed by atoms with Crippen LogP contribution in [0.1, 0.15) is 46.9 Å². The first-order chi connectivity index (χ1) is 12.6. The van der Waals surface area contributed by atoms with E-state index < -0.39 is 0 Å². The summed E-state index contributed by atoms with van der Waals surface area (Å²) in [4.78, 5) is 28.4. The lowest BCUT2D eigenvalue weighted by Gasteiger charge is -2.17. The van der Waals surface area contributed by atoms with Gasteiger partial charge in [0.1, 0.15) is 4.70 Å². The number of carbonyl (C=O) groups is 1. The summed E-state index contributed by atoms with van der Waals surface area (Å²) in [6, 6.07) is 10.1. The van der Waals surface area contributed by atoms with Crippen LogP contribution in [-0.2, 0) is 0 Å². The maximum atomic E-state index is 13.0. The standard InChI is InChI=1S/C19H21N5OS/c1-12(14-8-4-3-5-9-14)20-19-22-15(18(25)24-10-6-7-11-24)16-17(23-19)21-13(2)26-16/h3-5,8-9,12H,6-7,10-11H2,1-2H3,(H,20,22,23)/t12-/m0/s1. The molecule has 6 nitrogen and oxygen atoms in total. The zero-order valence-corrected chi connectivity index (χ0v) is 15.7. The summed E-state index contributed by atoms with van der Waals surface area (Å²) < 4.78 is 0.775. The Bertz CT molecular complexity index is 934. The molecule has 134 valence electrons. The molecule has 2 aromatic heterocycles. The van der Waals surface area contributed by atoms with E-state index in [9.17, 15) is 4.79 Å². The number of thiazole rings is 1. The predicted molar refractivity (Wildman–Crippen MR) is 104 cm³/mol. The Morgan fingerprint density at radius 3 is 2.62 bits per heavy atom. The molecule has 1 aliphatic rings. The van der Waals surface area contributed by atoms with Crippen molar-refractivity contribution in [3.63, 3.8) is 0 Å². The lowest BCUT2D eigenvalue weighted by molar-refractivity contribution is 0.0789. The van der Waals surface area contributed by atoms with E-state index in [0.29, 0.717) is 17.3 Å². The van der Waals surface area contributed by atoms with E-state index in [-0.39, 0.29) is 11.9 Å². The van der Waals surface area contributed by atoms with Crippen LogP contribution in [0.15, 0.2) is 30.3 Å². The summed E-state index contributed by atoms with van der Waals surface area (Å²) in [5.74, 6) is 0.427. The number of benzene rings is 1. The molecule has 3 heterocycles. The fraction of sp³-hybridized carbons (Fsp3) is 0.368. The van der Waals surface area contributed by atoms with Crippen molar-refractivity contribution in [2.75, 3.05) is 18.4 Å². The molecule has 3 aromatic rings. The lowest BCUT2D eigenvalue weighted by Crippen LogP contribution is -2.29. The summed E-state index contributed by atoms with van der Waals surface area (Å²) in [6.45, 7) is 5.57. The second kappa shape index (κ2) is 6.99. The Balaban J connectivity index is 1.70. The van der Waals surface area contributed by atoms with Gasteiger partial charge in [-0.3, -0.25) is 4.79 Å². The van der Waals surface area contributed by atoms with Crippen molar-refractivity contribution in [1.29, 1.82) is 0 Å². The summed E-state index contributed by atoms with van der Waals surface area (Å²) in [7, 11) is 0. The number of aromatic nitrogens is 3. The monoisotopic (exact) mass is 367 g/mol. The van der Waals surface area contributed by atoms with Crippen LogP contribution in [-0.4, -0.2) is 38.8 Å². The van der Waals surface area contributed by atoms with Crippen LogP contribution in [0, 0.1) is 6.92 Å². The molecule has 7 heteroatoms. The highest BCUT2D eigenvalue weighted by Gasteiger charge is 2.25. The van der Waals surface area contributed by atoms with Gasteiger partial charge in [0.2, 0.25) is 5.95 Å². The zero-order valence-electron chi connectivity index (χ0n) is 14.9. The molecule has 0 saturated carbocycles. The van der Waals surface area contributed by atoms with Gasteiger partial charge in [-0.2, -0.15) is 4.98 Å². The molecule has 1 atom stereocenters. The number of likely N-dealkylation sites (tertiary alicyclic amines) is 1. The predicted octanol–water partition coefficient (Wildman–Crippen LogP) is 3.80. The quantitative estimate of drug-likeness (QED) is 0.759. The Morgan fingerprint density at radius 2 is 1.88 bits per heavy atom. The number of fused-ring (bicyclic) bond motifs is 1. The fourth-order valence-corrected chi connectivity index (χ4v) is 4.07. The van der Waals surface area contributed by atoms with Crippen molar-refractivity contribution in [2.45, 2.75) is 32.7 Å². The van der Waals surface area contributed by atoms with E-state index in [0.717, 1.165) is 41.2 Å². The van der Waals surface area contributed by atoms with Crippen molar-refractivity contribution < 1.29 is 4.79 Å². The molecule has 1 amide bonds. The van der Waals surface area contributed by atoms with Gasteiger partial charge >= 0.3 is 0 Å². The number of nitrogens with zero attached hydrogens (tertiary/aromatic N) is 4. The lowest BCUT2D eigenvalue weighted by atomic mass is 10.1. The van der Waals surface area contributed by atoms with Crippen LogP contribution in [0.25, 0.3) is 10.3 Å². The molecular formula is C19H21N5OS. The van der Waals surface area contributed by atoms with Gasteiger partial charge in [0, 0.05) is 13.1 Å². The topological polar surface area (TPSA) is 71.0 Å². The maximum absolute atomic E-state index is 13.0. The van der Waals surface area contributed by atoms with Crippen LogP contribution in [0.3, 0.4) is 0 Å². The zero-order chi connectivity index (χ0) is 18.1. The molecule has 1 fully saturated rings. The van der Waals surface area contributed by atoms with Crippen LogP contribution in [0.5, 0.6) is 0 Å². The maximum Gasteiger partial charge on any atom is 0.274 e. The van der Waals surface area contributed by atoms with Crippen molar-refractivity contribution in [1.82, 2.24) is 19.9 Å². The van der Waals surface area contributed by atoms with Gasteiger partial charge in [-0.15, -0.1) is 11.3 Å². The number of rotatable bonds is 4. The van der Waals surface area contributed by atoms with Crippen molar-refractivity contribution in [3.8, 4) is 0 Å². The third kappa shape index (κ3) is 3.26. The van der Waals surface area contributed by atoms with Gasteiger partial charge in [0.25, 0.3) is 5.91 Å². The van der Waals surface area contributed by atoms with Crippen molar-refractivity contribution in [2.24, 2.45) is 0 Å².